The van der Waals surface area contributed by atoms with Gasteiger partial charge < -0.3 is 20.5 Å². The molecular weight excluding hydrogens is 396 g/mol. The van der Waals surface area contributed by atoms with E-state index in [2.05, 4.69) is 35.0 Å². The number of benzene rings is 2. The van der Waals surface area contributed by atoms with Gasteiger partial charge in [0.1, 0.15) is 11.5 Å². The molecule has 1 heterocycles. The standard InChI is InChI=1S/C23H28N4O2S/c1-28-16-10-6-14(7-11-16)20-18-4-3-5-19(22(18)26-27-23(24)30)21(25-20)15-8-12-17(29-2)13-9-15/h6-13,18-21,25H,3-5H2,1-2H3,(H3,24,27,30). The number of methoxy groups -OCH3 is 2. The van der Waals surface area contributed by atoms with Crippen molar-refractivity contribution < 1.29 is 9.47 Å². The number of rotatable bonds is 5. The Kier molecular flexibility index (Phi) is 6.20. The van der Waals surface area contributed by atoms with Crippen LogP contribution in [-0.2, 0) is 0 Å². The van der Waals surface area contributed by atoms with Crippen LogP contribution in [0.5, 0.6) is 11.5 Å². The molecule has 0 spiro atoms. The Hall–Kier alpha value is -2.64. The average Bonchev–Trinajstić information content (AvgIpc) is 2.78. The van der Waals surface area contributed by atoms with E-state index in [1.54, 1.807) is 14.2 Å². The first-order valence-electron chi connectivity index (χ1n) is 10.3. The summed E-state index contributed by atoms with van der Waals surface area (Å²) in [6.45, 7) is 0. The summed E-state index contributed by atoms with van der Waals surface area (Å²) in [4.78, 5) is 0. The lowest BCUT2D eigenvalue weighted by Gasteiger charge is -2.47. The minimum atomic E-state index is 0.145. The zero-order valence-corrected chi connectivity index (χ0v) is 18.1. The first-order chi connectivity index (χ1) is 14.6. The smallest absolute Gasteiger partial charge is 0.184 e. The lowest BCUT2D eigenvalue weighted by molar-refractivity contribution is 0.232. The Bertz CT molecular complexity index is 850. The fraction of sp³-hybridized carbons (Fsp3) is 0.391. The Balaban J connectivity index is 1.73. The second-order valence-corrected chi connectivity index (χ2v) is 8.26. The van der Waals surface area contributed by atoms with Gasteiger partial charge >= 0.3 is 0 Å². The molecule has 4 unspecified atom stereocenters. The first-order valence-corrected chi connectivity index (χ1v) is 10.7. The van der Waals surface area contributed by atoms with E-state index < -0.39 is 0 Å². The Morgan fingerprint density at radius 1 is 0.933 bits per heavy atom. The van der Waals surface area contributed by atoms with Crippen molar-refractivity contribution in [2.24, 2.45) is 22.7 Å². The van der Waals surface area contributed by atoms with Crippen LogP contribution in [0, 0.1) is 11.8 Å². The summed E-state index contributed by atoms with van der Waals surface area (Å²) in [7, 11) is 3.37. The minimum absolute atomic E-state index is 0.145. The third-order valence-electron chi connectivity index (χ3n) is 6.20. The van der Waals surface area contributed by atoms with Crippen molar-refractivity contribution in [1.29, 1.82) is 0 Å². The topological polar surface area (TPSA) is 80.9 Å². The van der Waals surface area contributed by atoms with Crippen LogP contribution in [-0.4, -0.2) is 25.0 Å². The monoisotopic (exact) mass is 424 g/mol. The zero-order chi connectivity index (χ0) is 21.1. The van der Waals surface area contributed by atoms with E-state index >= 15 is 0 Å². The van der Waals surface area contributed by atoms with Crippen molar-refractivity contribution in [3.8, 4) is 11.5 Å². The molecular formula is C23H28N4O2S. The molecule has 0 aromatic heterocycles. The number of piperidine rings is 1. The predicted molar refractivity (Wildman–Crippen MR) is 123 cm³/mol. The minimum Gasteiger partial charge on any atom is -0.497 e. The molecule has 0 amide bonds. The van der Waals surface area contributed by atoms with Gasteiger partial charge in [0.05, 0.1) is 14.2 Å². The molecule has 4 rings (SSSR count). The van der Waals surface area contributed by atoms with Crippen LogP contribution in [0.1, 0.15) is 42.5 Å². The van der Waals surface area contributed by atoms with E-state index in [9.17, 15) is 0 Å². The molecule has 1 aliphatic heterocycles. The molecule has 4 N–H and O–H groups in total. The fourth-order valence-electron chi connectivity index (χ4n) is 4.79. The maximum atomic E-state index is 5.69. The SMILES string of the molecule is COc1ccc(C2NC(c3ccc(OC)cc3)C3CCCC2C3=NNC(N)=S)cc1. The van der Waals surface area contributed by atoms with Gasteiger partial charge in [-0.15, -0.1) is 0 Å². The van der Waals surface area contributed by atoms with Gasteiger partial charge in [0.2, 0.25) is 0 Å². The maximum absolute atomic E-state index is 5.69. The van der Waals surface area contributed by atoms with E-state index in [1.807, 2.05) is 24.3 Å². The van der Waals surface area contributed by atoms with Crippen LogP contribution >= 0.6 is 12.2 Å². The molecule has 2 aromatic rings. The van der Waals surface area contributed by atoms with Gasteiger partial charge in [-0.3, -0.25) is 5.43 Å². The summed E-state index contributed by atoms with van der Waals surface area (Å²) >= 11 is 5.01. The molecule has 7 heteroatoms. The number of nitrogens with one attached hydrogen (secondary N) is 2. The van der Waals surface area contributed by atoms with Crippen molar-refractivity contribution in [2.75, 3.05) is 14.2 Å². The highest BCUT2D eigenvalue weighted by Crippen LogP contribution is 2.46. The van der Waals surface area contributed by atoms with Gasteiger partial charge in [-0.05, 0) is 60.5 Å². The number of nitrogens with two attached hydrogens (primary N) is 1. The summed E-state index contributed by atoms with van der Waals surface area (Å²) in [6, 6.07) is 16.9. The first kappa shape index (κ1) is 20.6. The van der Waals surface area contributed by atoms with Crippen molar-refractivity contribution in [3.63, 3.8) is 0 Å². The molecule has 1 aliphatic carbocycles. The van der Waals surface area contributed by atoms with Crippen LogP contribution in [0.2, 0.25) is 0 Å². The van der Waals surface area contributed by atoms with Gasteiger partial charge in [0.25, 0.3) is 0 Å². The number of fused-ring (bicyclic) bond motifs is 2. The van der Waals surface area contributed by atoms with Crippen molar-refractivity contribution in [1.82, 2.24) is 10.7 Å². The van der Waals surface area contributed by atoms with Gasteiger partial charge in [0.15, 0.2) is 5.11 Å². The Morgan fingerprint density at radius 2 is 1.40 bits per heavy atom. The molecule has 4 atom stereocenters. The predicted octanol–water partition coefficient (Wildman–Crippen LogP) is 3.69. The summed E-state index contributed by atoms with van der Waals surface area (Å²) in [6.07, 6.45) is 3.32. The highest BCUT2D eigenvalue weighted by Gasteiger charge is 2.45. The van der Waals surface area contributed by atoms with Crippen LogP contribution in [0.15, 0.2) is 53.6 Å². The van der Waals surface area contributed by atoms with E-state index in [-0.39, 0.29) is 29.0 Å². The van der Waals surface area contributed by atoms with Crippen molar-refractivity contribution >= 4 is 23.0 Å². The number of hydrogen-bond donors (Lipinski definition) is 3. The summed E-state index contributed by atoms with van der Waals surface area (Å²) in [5.74, 6) is 2.28. The molecule has 30 heavy (non-hydrogen) atoms. The highest BCUT2D eigenvalue weighted by atomic mass is 32.1. The Morgan fingerprint density at radius 3 is 1.80 bits per heavy atom. The van der Waals surface area contributed by atoms with Crippen molar-refractivity contribution in [3.05, 3.63) is 59.7 Å². The van der Waals surface area contributed by atoms with Gasteiger partial charge in [0, 0.05) is 29.6 Å². The van der Waals surface area contributed by atoms with Crippen LogP contribution in [0.25, 0.3) is 0 Å². The van der Waals surface area contributed by atoms with Gasteiger partial charge in [-0.25, -0.2) is 0 Å². The Labute approximate surface area is 182 Å². The third-order valence-corrected chi connectivity index (χ3v) is 6.29. The molecule has 2 aliphatic rings. The molecule has 6 nitrogen and oxygen atoms in total. The molecule has 0 radical (unpaired) electrons. The molecule has 158 valence electrons. The lowest BCUT2D eigenvalue weighted by atomic mass is 9.67. The molecule has 1 saturated heterocycles. The van der Waals surface area contributed by atoms with Crippen LogP contribution in [0.3, 0.4) is 0 Å². The van der Waals surface area contributed by atoms with Gasteiger partial charge in [-0.2, -0.15) is 5.10 Å². The van der Waals surface area contributed by atoms with E-state index in [0.717, 1.165) is 30.1 Å². The van der Waals surface area contributed by atoms with E-state index in [4.69, 9.17) is 32.5 Å². The quantitative estimate of drug-likeness (QED) is 0.502. The molecule has 2 aromatic carbocycles. The number of thiocarbonyl (C=S) groups is 1. The normalized spacial score (nSPS) is 25.3. The average molecular weight is 425 g/mol. The largest absolute Gasteiger partial charge is 0.497 e. The fourth-order valence-corrected chi connectivity index (χ4v) is 4.84. The number of hydrazone groups is 1. The second kappa shape index (κ2) is 9.02. The molecule has 2 bridgehead atoms. The van der Waals surface area contributed by atoms with E-state index in [0.29, 0.717) is 0 Å². The maximum Gasteiger partial charge on any atom is 0.184 e. The number of nitrogens with zero attached hydrogens (tertiary/aromatic N) is 1. The summed E-state index contributed by atoms with van der Waals surface area (Å²) < 4.78 is 10.7. The van der Waals surface area contributed by atoms with Crippen molar-refractivity contribution in [2.45, 2.75) is 31.3 Å². The molecule has 2 fully saturated rings. The van der Waals surface area contributed by atoms with E-state index in [1.165, 1.54) is 17.5 Å². The van der Waals surface area contributed by atoms with Crippen LogP contribution < -0.4 is 25.9 Å². The summed E-state index contributed by atoms with van der Waals surface area (Å²) in [5.41, 5.74) is 12.1. The number of hydrogen-bond acceptors (Lipinski definition) is 5. The summed E-state index contributed by atoms with van der Waals surface area (Å²) in [5, 5.41) is 8.82. The highest BCUT2D eigenvalue weighted by molar-refractivity contribution is 7.80. The molecule has 1 saturated carbocycles. The zero-order valence-electron chi connectivity index (χ0n) is 17.3. The lowest BCUT2D eigenvalue weighted by Crippen LogP contribution is -2.51. The number of ether oxygens (including phenoxy) is 2. The third kappa shape index (κ3) is 4.13. The second-order valence-electron chi connectivity index (χ2n) is 7.82. The van der Waals surface area contributed by atoms with Gasteiger partial charge in [-0.1, -0.05) is 30.7 Å². The van der Waals surface area contributed by atoms with Crippen LogP contribution in [0.4, 0.5) is 0 Å².